The molecule has 0 fully saturated rings. The van der Waals surface area contributed by atoms with Gasteiger partial charge in [0.15, 0.2) is 0 Å². The minimum absolute atomic E-state index is 0.935. The molecule has 3 N–H and O–H groups in total. The zero-order chi connectivity index (χ0) is 7.23. The number of anilines is 1. The Morgan fingerprint density at radius 2 is 2.00 bits per heavy atom. The van der Waals surface area contributed by atoms with E-state index >= 15 is 0 Å². The van der Waals surface area contributed by atoms with E-state index < -0.39 is 0 Å². The number of hydrogen-bond acceptors (Lipinski definition) is 1. The first-order valence-corrected chi connectivity index (χ1v) is 3.50. The van der Waals surface area contributed by atoms with Gasteiger partial charge in [0.05, 0.1) is 7.05 Å². The maximum absolute atomic E-state index is 3.24. The predicted octanol–water partition coefficient (Wildman–Crippen LogP) is 0.249. The van der Waals surface area contributed by atoms with Crippen molar-refractivity contribution >= 4 is 5.69 Å². The molecule has 0 saturated heterocycles. The maximum atomic E-state index is 3.24. The molecular formula is C8H13N2+. The van der Waals surface area contributed by atoms with Gasteiger partial charge in [0.2, 0.25) is 0 Å². The highest BCUT2D eigenvalue weighted by Gasteiger charge is 1.85. The van der Waals surface area contributed by atoms with Gasteiger partial charge in [0.25, 0.3) is 0 Å². The van der Waals surface area contributed by atoms with Crippen LogP contribution in [0.4, 0.5) is 5.69 Å². The molecule has 0 aliphatic carbocycles. The number of para-hydroxylation sites is 1. The number of benzene rings is 1. The normalized spacial score (nSPS) is 9.30. The SMILES string of the molecule is C[NH2+]CNc1ccccc1. The van der Waals surface area contributed by atoms with Gasteiger partial charge >= 0.3 is 0 Å². The van der Waals surface area contributed by atoms with Crippen molar-refractivity contribution in [3.05, 3.63) is 30.3 Å². The van der Waals surface area contributed by atoms with E-state index in [1.807, 2.05) is 25.2 Å². The van der Waals surface area contributed by atoms with Crippen LogP contribution in [0.5, 0.6) is 0 Å². The largest absolute Gasteiger partial charge is 0.339 e. The smallest absolute Gasteiger partial charge is 0.148 e. The van der Waals surface area contributed by atoms with Gasteiger partial charge in [-0.2, -0.15) is 0 Å². The zero-order valence-corrected chi connectivity index (χ0v) is 6.17. The van der Waals surface area contributed by atoms with Gasteiger partial charge in [-0.25, -0.2) is 0 Å². The predicted molar refractivity (Wildman–Crippen MR) is 42.8 cm³/mol. The summed E-state index contributed by atoms with van der Waals surface area (Å²) in [7, 11) is 2.04. The maximum Gasteiger partial charge on any atom is 0.148 e. The molecule has 1 aromatic carbocycles. The molecule has 54 valence electrons. The highest BCUT2D eigenvalue weighted by atomic mass is 15.0. The van der Waals surface area contributed by atoms with Crippen molar-refractivity contribution in [3.8, 4) is 0 Å². The van der Waals surface area contributed by atoms with Crippen molar-refractivity contribution in [2.24, 2.45) is 0 Å². The second kappa shape index (κ2) is 3.90. The van der Waals surface area contributed by atoms with Crippen LogP contribution >= 0.6 is 0 Å². The van der Waals surface area contributed by atoms with E-state index in [9.17, 15) is 0 Å². The van der Waals surface area contributed by atoms with Crippen molar-refractivity contribution in [1.29, 1.82) is 0 Å². The van der Waals surface area contributed by atoms with Crippen LogP contribution in [0.15, 0.2) is 30.3 Å². The third-order valence-electron chi connectivity index (χ3n) is 1.28. The lowest BCUT2D eigenvalue weighted by atomic mass is 10.3. The molecule has 0 bridgehead atoms. The summed E-state index contributed by atoms with van der Waals surface area (Å²) < 4.78 is 0. The first kappa shape index (κ1) is 7.09. The summed E-state index contributed by atoms with van der Waals surface area (Å²) in [6.07, 6.45) is 0. The topological polar surface area (TPSA) is 28.6 Å². The average molecular weight is 137 g/mol. The Labute approximate surface area is 61.3 Å². The number of nitrogens with one attached hydrogen (secondary N) is 1. The number of quaternary nitrogens is 1. The number of nitrogens with two attached hydrogens (primary N) is 1. The van der Waals surface area contributed by atoms with E-state index in [-0.39, 0.29) is 0 Å². The van der Waals surface area contributed by atoms with Crippen LogP contribution in [0.25, 0.3) is 0 Å². The summed E-state index contributed by atoms with van der Waals surface area (Å²) in [6, 6.07) is 10.2. The fraction of sp³-hybridized carbons (Fsp3) is 0.250. The monoisotopic (exact) mass is 137 g/mol. The lowest BCUT2D eigenvalue weighted by Gasteiger charge is -2.00. The minimum Gasteiger partial charge on any atom is -0.339 e. The Bertz CT molecular complexity index is 172. The summed E-state index contributed by atoms with van der Waals surface area (Å²) in [5.41, 5.74) is 1.18. The lowest BCUT2D eigenvalue weighted by Crippen LogP contribution is -2.81. The third-order valence-corrected chi connectivity index (χ3v) is 1.28. The molecule has 0 aliphatic rings. The fourth-order valence-electron chi connectivity index (χ4n) is 0.776. The quantitative estimate of drug-likeness (QED) is 0.574. The molecule has 0 atom stereocenters. The molecule has 0 aromatic heterocycles. The molecule has 0 spiro atoms. The van der Waals surface area contributed by atoms with Gasteiger partial charge in [-0.1, -0.05) is 18.2 Å². The van der Waals surface area contributed by atoms with E-state index in [4.69, 9.17) is 0 Å². The van der Waals surface area contributed by atoms with Gasteiger partial charge in [0.1, 0.15) is 6.67 Å². The lowest BCUT2D eigenvalue weighted by molar-refractivity contribution is -0.621. The molecule has 1 aromatic rings. The molecular weight excluding hydrogens is 124 g/mol. The van der Waals surface area contributed by atoms with E-state index in [0.717, 1.165) is 6.67 Å². The summed E-state index contributed by atoms with van der Waals surface area (Å²) in [4.78, 5) is 0. The first-order chi connectivity index (χ1) is 4.93. The summed E-state index contributed by atoms with van der Waals surface area (Å²) in [6.45, 7) is 0.935. The average Bonchev–Trinajstić information content (AvgIpc) is 2.03. The highest BCUT2D eigenvalue weighted by molar-refractivity contribution is 5.41. The molecule has 2 nitrogen and oxygen atoms in total. The number of rotatable bonds is 3. The molecule has 0 saturated carbocycles. The Hall–Kier alpha value is -1.02. The van der Waals surface area contributed by atoms with E-state index in [0.29, 0.717) is 0 Å². The molecule has 0 heterocycles. The van der Waals surface area contributed by atoms with Crippen LogP contribution < -0.4 is 10.6 Å². The van der Waals surface area contributed by atoms with E-state index in [2.05, 4.69) is 22.8 Å². The molecule has 0 unspecified atom stereocenters. The molecule has 0 amide bonds. The van der Waals surface area contributed by atoms with Crippen molar-refractivity contribution in [1.82, 2.24) is 0 Å². The second-order valence-corrected chi connectivity index (χ2v) is 2.16. The summed E-state index contributed by atoms with van der Waals surface area (Å²) in [5, 5.41) is 5.33. The van der Waals surface area contributed by atoms with Crippen LogP contribution in [0, 0.1) is 0 Å². The van der Waals surface area contributed by atoms with Crippen molar-refractivity contribution in [2.45, 2.75) is 0 Å². The van der Waals surface area contributed by atoms with Crippen LogP contribution in [0.2, 0.25) is 0 Å². The van der Waals surface area contributed by atoms with Crippen LogP contribution in [0.3, 0.4) is 0 Å². The van der Waals surface area contributed by atoms with Gasteiger partial charge in [-0.15, -0.1) is 0 Å². The third kappa shape index (κ3) is 2.07. The number of hydrogen-bond donors (Lipinski definition) is 2. The van der Waals surface area contributed by atoms with Crippen molar-refractivity contribution in [3.63, 3.8) is 0 Å². The highest BCUT2D eigenvalue weighted by Crippen LogP contribution is 2.02. The second-order valence-electron chi connectivity index (χ2n) is 2.16. The minimum atomic E-state index is 0.935. The van der Waals surface area contributed by atoms with Gasteiger partial charge in [0, 0.05) is 5.69 Å². The molecule has 10 heavy (non-hydrogen) atoms. The van der Waals surface area contributed by atoms with Crippen LogP contribution in [-0.2, 0) is 0 Å². The van der Waals surface area contributed by atoms with Crippen LogP contribution in [-0.4, -0.2) is 13.7 Å². The summed E-state index contributed by atoms with van der Waals surface area (Å²) in [5.74, 6) is 0. The van der Waals surface area contributed by atoms with E-state index in [1.54, 1.807) is 0 Å². The Morgan fingerprint density at radius 3 is 2.60 bits per heavy atom. The standard InChI is InChI=1S/C8H12N2/c1-9-7-10-8-5-3-2-4-6-8/h2-6,9-10H,7H2,1H3/p+1. The molecule has 1 rings (SSSR count). The Morgan fingerprint density at radius 1 is 1.30 bits per heavy atom. The summed E-state index contributed by atoms with van der Waals surface area (Å²) >= 11 is 0. The van der Waals surface area contributed by atoms with Gasteiger partial charge < -0.3 is 10.6 Å². The molecule has 2 heteroatoms. The van der Waals surface area contributed by atoms with Crippen molar-refractivity contribution < 1.29 is 5.32 Å². The molecule has 0 aliphatic heterocycles. The van der Waals surface area contributed by atoms with Gasteiger partial charge in [-0.3, -0.25) is 0 Å². The Kier molecular flexibility index (Phi) is 2.77. The Balaban J connectivity index is 2.43. The van der Waals surface area contributed by atoms with Crippen molar-refractivity contribution in [2.75, 3.05) is 19.0 Å². The fourth-order valence-corrected chi connectivity index (χ4v) is 0.776. The molecule has 0 radical (unpaired) electrons. The van der Waals surface area contributed by atoms with Gasteiger partial charge in [-0.05, 0) is 12.1 Å². The first-order valence-electron chi connectivity index (χ1n) is 3.50. The van der Waals surface area contributed by atoms with Crippen LogP contribution in [0.1, 0.15) is 0 Å². The zero-order valence-electron chi connectivity index (χ0n) is 6.17. The van der Waals surface area contributed by atoms with E-state index in [1.165, 1.54) is 5.69 Å².